The number of nitrogens with zero attached hydrogens (tertiary/aromatic N) is 2. The van der Waals surface area contributed by atoms with Crippen LogP contribution in [0.25, 0.3) is 0 Å². The van der Waals surface area contributed by atoms with Gasteiger partial charge in [0.05, 0.1) is 0 Å². The summed E-state index contributed by atoms with van der Waals surface area (Å²) >= 11 is 0. The lowest BCUT2D eigenvalue weighted by Crippen LogP contribution is -2.57. The van der Waals surface area contributed by atoms with Crippen molar-refractivity contribution in [2.75, 3.05) is 31.1 Å². The van der Waals surface area contributed by atoms with Crippen LogP contribution >= 0.6 is 0 Å². The summed E-state index contributed by atoms with van der Waals surface area (Å²) in [4.78, 5) is 28.0. The Balaban J connectivity index is 1.97. The van der Waals surface area contributed by atoms with E-state index in [0.717, 1.165) is 19.5 Å². The number of anilines is 1. The first-order valence-electron chi connectivity index (χ1n) is 8.17. The van der Waals surface area contributed by atoms with Gasteiger partial charge in [0.1, 0.15) is 6.04 Å². The third kappa shape index (κ3) is 4.37. The predicted octanol–water partition coefficient (Wildman–Crippen LogP) is 1.42. The number of rotatable bonds is 5. The summed E-state index contributed by atoms with van der Waals surface area (Å²) in [5, 5.41) is 2.60. The predicted molar refractivity (Wildman–Crippen MR) is 91.2 cm³/mol. The van der Waals surface area contributed by atoms with Crippen LogP contribution in [0.1, 0.15) is 20.3 Å². The van der Waals surface area contributed by atoms with E-state index in [1.165, 1.54) is 5.69 Å². The monoisotopic (exact) mass is 318 g/mol. The Morgan fingerprint density at radius 3 is 2.30 bits per heavy atom. The number of hydrogen-bond acceptors (Lipinski definition) is 3. The highest BCUT2D eigenvalue weighted by Gasteiger charge is 2.31. The van der Waals surface area contributed by atoms with Gasteiger partial charge < -0.3 is 20.9 Å². The van der Waals surface area contributed by atoms with Crippen LogP contribution in [0, 0.1) is 5.92 Å². The smallest absolute Gasteiger partial charge is 0.312 e. The lowest BCUT2D eigenvalue weighted by atomic mass is 9.97. The summed E-state index contributed by atoms with van der Waals surface area (Å²) in [6.45, 7) is 6.85. The molecule has 0 spiro atoms. The fraction of sp³-hybridized carbons (Fsp3) is 0.529. The van der Waals surface area contributed by atoms with E-state index in [9.17, 15) is 9.59 Å². The molecule has 1 aromatic rings. The molecule has 0 aliphatic carbocycles. The molecular weight excluding hydrogens is 292 g/mol. The van der Waals surface area contributed by atoms with Crippen molar-refractivity contribution >= 4 is 17.6 Å². The highest BCUT2D eigenvalue weighted by molar-refractivity contribution is 5.87. The summed E-state index contributed by atoms with van der Waals surface area (Å²) < 4.78 is 0. The molecule has 1 heterocycles. The fourth-order valence-electron chi connectivity index (χ4n) is 2.86. The van der Waals surface area contributed by atoms with Crippen LogP contribution in [0.15, 0.2) is 30.3 Å². The highest BCUT2D eigenvalue weighted by atomic mass is 16.2. The van der Waals surface area contributed by atoms with Gasteiger partial charge in [-0.2, -0.15) is 0 Å². The molecule has 2 unspecified atom stereocenters. The number of nitrogens with one attached hydrogen (secondary N) is 1. The van der Waals surface area contributed by atoms with Gasteiger partial charge in [-0.3, -0.25) is 4.79 Å². The summed E-state index contributed by atoms with van der Waals surface area (Å²) in [6, 6.07) is 9.00. The molecule has 0 saturated carbocycles. The Bertz CT molecular complexity index is 527. The standard InChI is InChI=1S/C17H26N4O2/c1-3-13(2)15(19-17(18)23)16(22)21-11-9-20(10-12-21)14-7-5-4-6-8-14/h4-8,13,15H,3,9-12H2,1-2H3,(H3,18,19,23). The minimum absolute atomic E-state index is 0.0362. The van der Waals surface area contributed by atoms with E-state index in [1.807, 2.05) is 36.9 Å². The number of primary amides is 1. The Labute approximate surface area is 137 Å². The molecule has 23 heavy (non-hydrogen) atoms. The number of nitrogens with two attached hydrogens (primary N) is 1. The molecule has 0 aromatic heterocycles. The van der Waals surface area contributed by atoms with E-state index in [2.05, 4.69) is 22.3 Å². The Kier molecular flexibility index (Phi) is 5.84. The zero-order valence-corrected chi connectivity index (χ0v) is 13.9. The largest absolute Gasteiger partial charge is 0.368 e. The molecule has 1 aliphatic rings. The number of benzene rings is 1. The van der Waals surface area contributed by atoms with E-state index in [-0.39, 0.29) is 11.8 Å². The second-order valence-electron chi connectivity index (χ2n) is 6.02. The zero-order valence-electron chi connectivity index (χ0n) is 13.9. The van der Waals surface area contributed by atoms with Crippen LogP contribution in [0.2, 0.25) is 0 Å². The van der Waals surface area contributed by atoms with Crippen molar-refractivity contribution in [2.45, 2.75) is 26.3 Å². The molecule has 0 radical (unpaired) electrons. The molecule has 2 atom stereocenters. The van der Waals surface area contributed by atoms with Gasteiger partial charge in [0.25, 0.3) is 0 Å². The highest BCUT2D eigenvalue weighted by Crippen LogP contribution is 2.17. The SMILES string of the molecule is CCC(C)C(NC(N)=O)C(=O)N1CCN(c2ccccc2)CC1. The molecule has 2 rings (SSSR count). The molecule has 1 saturated heterocycles. The van der Waals surface area contributed by atoms with Crippen LogP contribution < -0.4 is 16.0 Å². The Hall–Kier alpha value is -2.24. The minimum atomic E-state index is -0.647. The molecule has 6 heteroatoms. The second kappa shape index (κ2) is 7.85. The molecule has 126 valence electrons. The van der Waals surface area contributed by atoms with Crippen LogP contribution in [-0.4, -0.2) is 49.1 Å². The van der Waals surface area contributed by atoms with Gasteiger partial charge in [-0.1, -0.05) is 38.5 Å². The van der Waals surface area contributed by atoms with Gasteiger partial charge in [-0.05, 0) is 18.1 Å². The number of carbonyl (C=O) groups is 2. The Morgan fingerprint density at radius 2 is 1.78 bits per heavy atom. The maximum atomic E-state index is 12.7. The summed E-state index contributed by atoms with van der Waals surface area (Å²) in [7, 11) is 0. The number of amides is 3. The minimum Gasteiger partial charge on any atom is -0.368 e. The van der Waals surface area contributed by atoms with Gasteiger partial charge in [0.15, 0.2) is 0 Å². The van der Waals surface area contributed by atoms with Crippen LogP contribution in [-0.2, 0) is 4.79 Å². The fourth-order valence-corrected chi connectivity index (χ4v) is 2.86. The van der Waals surface area contributed by atoms with Crippen molar-refractivity contribution in [1.82, 2.24) is 10.2 Å². The Morgan fingerprint density at radius 1 is 1.17 bits per heavy atom. The molecule has 1 aliphatic heterocycles. The van der Waals surface area contributed by atoms with Gasteiger partial charge in [0.2, 0.25) is 5.91 Å². The van der Waals surface area contributed by atoms with Crippen molar-refractivity contribution in [2.24, 2.45) is 11.7 Å². The first-order chi connectivity index (χ1) is 11.0. The number of hydrogen-bond donors (Lipinski definition) is 2. The maximum absolute atomic E-state index is 12.7. The van der Waals surface area contributed by atoms with Gasteiger partial charge in [-0.15, -0.1) is 0 Å². The van der Waals surface area contributed by atoms with E-state index >= 15 is 0 Å². The third-order valence-electron chi connectivity index (χ3n) is 4.49. The maximum Gasteiger partial charge on any atom is 0.312 e. The van der Waals surface area contributed by atoms with E-state index in [0.29, 0.717) is 13.1 Å². The molecule has 0 bridgehead atoms. The van der Waals surface area contributed by atoms with Gasteiger partial charge in [0, 0.05) is 31.9 Å². The summed E-state index contributed by atoms with van der Waals surface area (Å²) in [6.07, 6.45) is 0.806. The van der Waals surface area contributed by atoms with E-state index < -0.39 is 12.1 Å². The average Bonchev–Trinajstić information content (AvgIpc) is 2.59. The normalized spacial score (nSPS) is 17.5. The summed E-state index contributed by atoms with van der Waals surface area (Å²) in [5.41, 5.74) is 6.40. The third-order valence-corrected chi connectivity index (χ3v) is 4.49. The number of carbonyl (C=O) groups excluding carboxylic acids is 2. The lowest BCUT2D eigenvalue weighted by Gasteiger charge is -2.38. The van der Waals surface area contributed by atoms with Crippen molar-refractivity contribution < 1.29 is 9.59 Å². The van der Waals surface area contributed by atoms with Crippen LogP contribution in [0.4, 0.5) is 10.5 Å². The van der Waals surface area contributed by atoms with Gasteiger partial charge >= 0.3 is 6.03 Å². The topological polar surface area (TPSA) is 78.7 Å². The van der Waals surface area contributed by atoms with Gasteiger partial charge in [-0.25, -0.2) is 4.79 Å². The van der Waals surface area contributed by atoms with E-state index in [4.69, 9.17) is 5.73 Å². The lowest BCUT2D eigenvalue weighted by molar-refractivity contribution is -0.134. The molecule has 1 aromatic carbocycles. The number of piperazine rings is 1. The quantitative estimate of drug-likeness (QED) is 0.862. The number of urea groups is 1. The molecule has 3 N–H and O–H groups in total. The number of para-hydroxylation sites is 1. The molecule has 1 fully saturated rings. The van der Waals surface area contributed by atoms with Crippen molar-refractivity contribution in [1.29, 1.82) is 0 Å². The van der Waals surface area contributed by atoms with Crippen LogP contribution in [0.3, 0.4) is 0 Å². The summed E-state index contributed by atoms with van der Waals surface area (Å²) in [5.74, 6) is 0.0213. The zero-order chi connectivity index (χ0) is 16.8. The first kappa shape index (κ1) is 17.1. The second-order valence-corrected chi connectivity index (χ2v) is 6.02. The molecule has 6 nitrogen and oxygen atoms in total. The van der Waals surface area contributed by atoms with Crippen molar-refractivity contribution in [3.05, 3.63) is 30.3 Å². The van der Waals surface area contributed by atoms with Crippen LogP contribution in [0.5, 0.6) is 0 Å². The molecule has 3 amide bonds. The average molecular weight is 318 g/mol. The van der Waals surface area contributed by atoms with E-state index in [1.54, 1.807) is 0 Å². The van der Waals surface area contributed by atoms with Crippen molar-refractivity contribution in [3.8, 4) is 0 Å². The first-order valence-corrected chi connectivity index (χ1v) is 8.17. The molecular formula is C17H26N4O2. The van der Waals surface area contributed by atoms with Crippen molar-refractivity contribution in [3.63, 3.8) is 0 Å².